The Morgan fingerprint density at radius 1 is 0.955 bits per heavy atom. The van der Waals surface area contributed by atoms with Gasteiger partial charge in [-0.05, 0) is 6.42 Å². The van der Waals surface area contributed by atoms with Crippen molar-refractivity contribution >= 4 is 0 Å². The number of rotatable bonds is 13. The van der Waals surface area contributed by atoms with E-state index in [1.54, 1.807) is 6.08 Å². The predicted molar refractivity (Wildman–Crippen MR) is 79.8 cm³/mol. The SMILES string of the molecule is C=CCOCCOCCOCCOCC1OCCC(O)C1O. The third-order valence-corrected chi connectivity index (χ3v) is 3.15. The summed E-state index contributed by atoms with van der Waals surface area (Å²) in [5, 5.41) is 19.2. The van der Waals surface area contributed by atoms with Crippen LogP contribution < -0.4 is 0 Å². The normalized spacial score (nSPS) is 25.3. The zero-order valence-corrected chi connectivity index (χ0v) is 13.0. The third kappa shape index (κ3) is 8.79. The quantitative estimate of drug-likeness (QED) is 0.357. The molecular weight excluding hydrogens is 292 g/mol. The van der Waals surface area contributed by atoms with Crippen molar-refractivity contribution in [2.75, 3.05) is 59.5 Å². The molecule has 0 aromatic heterocycles. The van der Waals surface area contributed by atoms with Gasteiger partial charge in [0.05, 0.1) is 59.0 Å². The Morgan fingerprint density at radius 3 is 2.18 bits per heavy atom. The Balaban J connectivity index is 1.82. The largest absolute Gasteiger partial charge is 0.390 e. The van der Waals surface area contributed by atoms with E-state index in [2.05, 4.69) is 6.58 Å². The van der Waals surface area contributed by atoms with Gasteiger partial charge in [-0.15, -0.1) is 6.58 Å². The van der Waals surface area contributed by atoms with Crippen LogP contribution in [0.2, 0.25) is 0 Å². The van der Waals surface area contributed by atoms with Crippen LogP contribution >= 0.6 is 0 Å². The van der Waals surface area contributed by atoms with Gasteiger partial charge in [0.15, 0.2) is 0 Å². The number of ether oxygens (including phenoxy) is 5. The average molecular weight is 320 g/mol. The molecule has 3 atom stereocenters. The molecule has 2 N–H and O–H groups in total. The van der Waals surface area contributed by atoms with Gasteiger partial charge in [-0.1, -0.05) is 6.08 Å². The van der Waals surface area contributed by atoms with Crippen LogP contribution in [0.5, 0.6) is 0 Å². The van der Waals surface area contributed by atoms with Gasteiger partial charge in [0.2, 0.25) is 0 Å². The van der Waals surface area contributed by atoms with Gasteiger partial charge >= 0.3 is 0 Å². The molecule has 1 rings (SSSR count). The lowest BCUT2D eigenvalue weighted by molar-refractivity contribution is -0.156. The summed E-state index contributed by atoms with van der Waals surface area (Å²) in [5.74, 6) is 0. The smallest absolute Gasteiger partial charge is 0.109 e. The molecule has 1 fully saturated rings. The van der Waals surface area contributed by atoms with Crippen molar-refractivity contribution in [2.24, 2.45) is 0 Å². The van der Waals surface area contributed by atoms with Gasteiger partial charge in [-0.25, -0.2) is 0 Å². The Hall–Kier alpha value is -0.540. The van der Waals surface area contributed by atoms with E-state index in [0.29, 0.717) is 59.3 Å². The average Bonchev–Trinajstić information content (AvgIpc) is 2.52. The Labute approximate surface area is 131 Å². The molecule has 0 aromatic carbocycles. The zero-order chi connectivity index (χ0) is 16.0. The summed E-state index contributed by atoms with van der Waals surface area (Å²) in [7, 11) is 0. The standard InChI is InChI=1S/C15H28O7/c1-2-4-18-6-7-19-8-9-20-10-11-21-12-14-15(17)13(16)3-5-22-14/h2,13-17H,1,3-12H2. The van der Waals surface area contributed by atoms with Crippen LogP contribution in [0.25, 0.3) is 0 Å². The highest BCUT2D eigenvalue weighted by molar-refractivity contribution is 4.80. The fourth-order valence-corrected chi connectivity index (χ4v) is 1.93. The van der Waals surface area contributed by atoms with Crippen molar-refractivity contribution in [2.45, 2.75) is 24.7 Å². The Morgan fingerprint density at radius 2 is 1.55 bits per heavy atom. The second kappa shape index (κ2) is 13.0. The van der Waals surface area contributed by atoms with E-state index >= 15 is 0 Å². The molecule has 3 unspecified atom stereocenters. The summed E-state index contributed by atoms with van der Waals surface area (Å²) >= 11 is 0. The number of hydrogen-bond donors (Lipinski definition) is 2. The summed E-state index contributed by atoms with van der Waals surface area (Å²) in [6.07, 6.45) is 0.0702. The van der Waals surface area contributed by atoms with Crippen molar-refractivity contribution in [3.63, 3.8) is 0 Å². The van der Waals surface area contributed by atoms with Crippen LogP contribution in [0.15, 0.2) is 12.7 Å². The Kier molecular flexibility index (Phi) is 11.5. The van der Waals surface area contributed by atoms with Crippen molar-refractivity contribution in [1.29, 1.82) is 0 Å². The highest BCUT2D eigenvalue weighted by atomic mass is 16.6. The van der Waals surface area contributed by atoms with Crippen LogP contribution in [0, 0.1) is 0 Å². The molecule has 22 heavy (non-hydrogen) atoms. The van der Waals surface area contributed by atoms with Crippen molar-refractivity contribution in [3.8, 4) is 0 Å². The van der Waals surface area contributed by atoms with Crippen LogP contribution in [0.3, 0.4) is 0 Å². The second-order valence-corrected chi connectivity index (χ2v) is 4.92. The minimum Gasteiger partial charge on any atom is -0.390 e. The molecule has 0 saturated carbocycles. The minimum atomic E-state index is -0.883. The fourth-order valence-electron chi connectivity index (χ4n) is 1.93. The summed E-state index contributed by atoms with van der Waals surface area (Å²) in [4.78, 5) is 0. The number of aliphatic hydroxyl groups is 2. The fraction of sp³-hybridized carbons (Fsp3) is 0.867. The third-order valence-electron chi connectivity index (χ3n) is 3.15. The maximum absolute atomic E-state index is 9.70. The molecule has 130 valence electrons. The molecule has 1 heterocycles. The molecule has 1 aliphatic rings. The Bertz CT molecular complexity index is 275. The molecule has 7 heteroatoms. The molecule has 0 aliphatic carbocycles. The predicted octanol–water partition coefficient (Wildman–Crippen LogP) is -0.250. The molecule has 0 amide bonds. The summed E-state index contributed by atoms with van der Waals surface area (Å²) in [6.45, 7) is 7.71. The molecule has 1 saturated heterocycles. The first kappa shape index (κ1) is 19.5. The van der Waals surface area contributed by atoms with Crippen LogP contribution in [-0.2, 0) is 23.7 Å². The lowest BCUT2D eigenvalue weighted by atomic mass is 10.0. The maximum Gasteiger partial charge on any atom is 0.109 e. The molecule has 1 aliphatic heterocycles. The van der Waals surface area contributed by atoms with Gasteiger partial charge in [0.1, 0.15) is 12.2 Å². The number of hydrogen-bond acceptors (Lipinski definition) is 7. The molecule has 0 spiro atoms. The topological polar surface area (TPSA) is 86.6 Å². The summed E-state index contributed by atoms with van der Waals surface area (Å²) < 4.78 is 26.5. The van der Waals surface area contributed by atoms with E-state index < -0.39 is 18.3 Å². The minimum absolute atomic E-state index is 0.249. The van der Waals surface area contributed by atoms with Crippen LogP contribution in [0.1, 0.15) is 6.42 Å². The van der Waals surface area contributed by atoms with Crippen LogP contribution in [-0.4, -0.2) is 88.0 Å². The molecule has 0 radical (unpaired) electrons. The lowest BCUT2D eigenvalue weighted by Gasteiger charge is -2.31. The monoisotopic (exact) mass is 320 g/mol. The van der Waals surface area contributed by atoms with Crippen LogP contribution in [0.4, 0.5) is 0 Å². The van der Waals surface area contributed by atoms with Gasteiger partial charge in [-0.2, -0.15) is 0 Å². The van der Waals surface area contributed by atoms with E-state index in [1.165, 1.54) is 0 Å². The van der Waals surface area contributed by atoms with Crippen molar-refractivity contribution in [1.82, 2.24) is 0 Å². The van der Waals surface area contributed by atoms with Crippen molar-refractivity contribution < 1.29 is 33.9 Å². The van der Waals surface area contributed by atoms with Crippen molar-refractivity contribution in [3.05, 3.63) is 12.7 Å². The highest BCUT2D eigenvalue weighted by Crippen LogP contribution is 2.14. The van der Waals surface area contributed by atoms with Gasteiger partial charge in [0.25, 0.3) is 0 Å². The van der Waals surface area contributed by atoms with E-state index in [9.17, 15) is 10.2 Å². The van der Waals surface area contributed by atoms with Gasteiger partial charge < -0.3 is 33.9 Å². The first-order valence-corrected chi connectivity index (χ1v) is 7.65. The first-order chi connectivity index (χ1) is 10.8. The molecule has 0 bridgehead atoms. The summed E-state index contributed by atoms with van der Waals surface area (Å²) in [6, 6.07) is 0. The van der Waals surface area contributed by atoms with E-state index in [4.69, 9.17) is 23.7 Å². The summed E-state index contributed by atoms with van der Waals surface area (Å²) in [5.41, 5.74) is 0. The molecule has 7 nitrogen and oxygen atoms in total. The van der Waals surface area contributed by atoms with E-state index in [0.717, 1.165) is 0 Å². The van der Waals surface area contributed by atoms with E-state index in [1.807, 2.05) is 0 Å². The van der Waals surface area contributed by atoms with Gasteiger partial charge in [0, 0.05) is 6.61 Å². The zero-order valence-electron chi connectivity index (χ0n) is 13.0. The van der Waals surface area contributed by atoms with E-state index in [-0.39, 0.29) is 6.61 Å². The number of aliphatic hydroxyl groups excluding tert-OH is 2. The molecular formula is C15H28O7. The first-order valence-electron chi connectivity index (χ1n) is 7.65. The highest BCUT2D eigenvalue weighted by Gasteiger charge is 2.31. The maximum atomic E-state index is 9.70. The molecule has 0 aromatic rings. The lowest BCUT2D eigenvalue weighted by Crippen LogP contribution is -2.46. The second-order valence-electron chi connectivity index (χ2n) is 4.92. The van der Waals surface area contributed by atoms with Gasteiger partial charge in [-0.3, -0.25) is 0 Å².